The number of furan rings is 1. The highest BCUT2D eigenvalue weighted by Crippen LogP contribution is 2.62. The van der Waals surface area contributed by atoms with E-state index in [-0.39, 0.29) is 23.9 Å². The number of rotatable bonds is 7. The van der Waals surface area contributed by atoms with Crippen molar-refractivity contribution in [3.63, 3.8) is 0 Å². The summed E-state index contributed by atoms with van der Waals surface area (Å²) in [5, 5.41) is 0.569. The lowest BCUT2D eigenvalue weighted by Crippen LogP contribution is -2.53. The van der Waals surface area contributed by atoms with Crippen LogP contribution >= 0.6 is 11.6 Å². The number of benzene rings is 1. The van der Waals surface area contributed by atoms with Crippen LogP contribution in [0.1, 0.15) is 74.1 Å². The van der Waals surface area contributed by atoms with Crippen LogP contribution in [0.2, 0.25) is 5.02 Å². The molecule has 0 spiro atoms. The lowest BCUT2D eigenvalue weighted by atomic mass is 9.46. The lowest BCUT2D eigenvalue weighted by molar-refractivity contribution is -0.168. The van der Waals surface area contributed by atoms with Gasteiger partial charge in [0.2, 0.25) is 0 Å². The smallest absolute Gasteiger partial charge is 0.338 e. The molecule has 2 fully saturated rings. The van der Waals surface area contributed by atoms with Crippen LogP contribution in [0, 0.1) is 22.7 Å². The van der Waals surface area contributed by atoms with Crippen LogP contribution < -0.4 is 0 Å². The summed E-state index contributed by atoms with van der Waals surface area (Å²) >= 11 is 5.90. The van der Waals surface area contributed by atoms with Crippen LogP contribution in [-0.2, 0) is 27.3 Å². The number of aryl methyl sites for hydroxylation is 1. The second kappa shape index (κ2) is 10.2. The molecule has 0 unspecified atom stereocenters. The van der Waals surface area contributed by atoms with E-state index in [1.165, 1.54) is 12.7 Å². The van der Waals surface area contributed by atoms with Crippen LogP contribution in [0.3, 0.4) is 0 Å². The van der Waals surface area contributed by atoms with E-state index in [4.69, 9.17) is 25.5 Å². The van der Waals surface area contributed by atoms with Gasteiger partial charge in [-0.1, -0.05) is 37.1 Å². The minimum Gasteiger partial charge on any atom is -0.469 e. The first-order valence-corrected chi connectivity index (χ1v) is 12.8. The molecule has 2 aromatic rings. The maximum Gasteiger partial charge on any atom is 0.338 e. The molecule has 4 atom stereocenters. The molecule has 1 aromatic carbocycles. The van der Waals surface area contributed by atoms with Crippen molar-refractivity contribution in [3.8, 4) is 0 Å². The van der Waals surface area contributed by atoms with Crippen LogP contribution in [0.5, 0.6) is 0 Å². The Kier molecular flexibility index (Phi) is 7.46. The molecule has 0 aliphatic heterocycles. The zero-order chi connectivity index (χ0) is 25.2. The fourth-order valence-corrected chi connectivity index (χ4v) is 6.90. The number of ether oxygens (including phenoxy) is 2. The van der Waals surface area contributed by atoms with Crippen molar-refractivity contribution in [2.24, 2.45) is 22.7 Å². The van der Waals surface area contributed by atoms with E-state index in [2.05, 4.69) is 20.4 Å². The summed E-state index contributed by atoms with van der Waals surface area (Å²) in [6.45, 7) is 8.96. The summed E-state index contributed by atoms with van der Waals surface area (Å²) < 4.78 is 16.4. The minimum atomic E-state index is -0.447. The third kappa shape index (κ3) is 4.93. The van der Waals surface area contributed by atoms with Gasteiger partial charge in [0.25, 0.3) is 0 Å². The van der Waals surface area contributed by atoms with Crippen molar-refractivity contribution in [3.05, 3.63) is 70.7 Å². The standard InChI is InChI=1S/C29H35ClO5/c1-19-6-13-25-28(2,15-5-16-29(25,3)27(32)33-4)23(19)12-9-20-14-17-34-24(20)18-35-26(31)21-7-10-22(30)11-8-21/h7-8,10-11,14,17,23,25H,1,5-6,9,12-13,15-16,18H2,2-4H3/t23-,25-,28+,29-/m0/s1. The number of carbonyl (C=O) groups is 2. The number of halogens is 1. The largest absolute Gasteiger partial charge is 0.469 e. The first-order valence-electron chi connectivity index (χ1n) is 12.4. The Balaban J connectivity index is 1.44. The van der Waals surface area contributed by atoms with Gasteiger partial charge in [-0.25, -0.2) is 4.79 Å². The summed E-state index contributed by atoms with van der Waals surface area (Å²) in [6.07, 6.45) is 8.26. The van der Waals surface area contributed by atoms with E-state index in [9.17, 15) is 9.59 Å². The van der Waals surface area contributed by atoms with Gasteiger partial charge >= 0.3 is 11.9 Å². The number of methoxy groups -OCH3 is 1. The normalized spacial score (nSPS) is 28.3. The molecule has 0 N–H and O–H groups in total. The number of allylic oxidation sites excluding steroid dienone is 1. The molecule has 188 valence electrons. The molecule has 2 aliphatic carbocycles. The molecule has 0 saturated heterocycles. The van der Waals surface area contributed by atoms with E-state index >= 15 is 0 Å². The van der Waals surface area contributed by atoms with Crippen LogP contribution in [0.25, 0.3) is 0 Å². The van der Waals surface area contributed by atoms with Crippen LogP contribution in [0.4, 0.5) is 0 Å². The Labute approximate surface area is 212 Å². The maximum absolute atomic E-state index is 12.8. The molecular formula is C29H35ClO5. The quantitative estimate of drug-likeness (QED) is 0.299. The van der Waals surface area contributed by atoms with Gasteiger partial charge in [-0.3, -0.25) is 4.79 Å². The molecule has 1 aromatic heterocycles. The average Bonchev–Trinajstić information content (AvgIpc) is 3.29. The van der Waals surface area contributed by atoms with Gasteiger partial charge in [0, 0.05) is 5.02 Å². The number of fused-ring (bicyclic) bond motifs is 1. The Hall–Kier alpha value is -2.53. The topological polar surface area (TPSA) is 65.7 Å². The van der Waals surface area contributed by atoms with E-state index in [1.807, 2.05) is 6.07 Å². The predicted octanol–water partition coefficient (Wildman–Crippen LogP) is 7.17. The minimum absolute atomic E-state index is 0.00146. The number of carbonyl (C=O) groups excluding carboxylic acids is 2. The highest BCUT2D eigenvalue weighted by atomic mass is 35.5. The molecule has 5 nitrogen and oxygen atoms in total. The maximum atomic E-state index is 12.8. The Morgan fingerprint density at radius 1 is 1.17 bits per heavy atom. The van der Waals surface area contributed by atoms with Crippen molar-refractivity contribution in [1.82, 2.24) is 0 Å². The summed E-state index contributed by atoms with van der Waals surface area (Å²) in [7, 11) is 1.50. The van der Waals surface area contributed by atoms with E-state index in [1.54, 1.807) is 30.5 Å². The summed E-state index contributed by atoms with van der Waals surface area (Å²) in [6, 6.07) is 8.57. The van der Waals surface area contributed by atoms with E-state index in [0.717, 1.165) is 50.5 Å². The number of esters is 2. The first-order chi connectivity index (χ1) is 16.7. The molecule has 0 bridgehead atoms. The van der Waals surface area contributed by atoms with Gasteiger partial charge < -0.3 is 13.9 Å². The Bertz CT molecular complexity index is 1090. The van der Waals surface area contributed by atoms with Crippen molar-refractivity contribution in [2.45, 2.75) is 65.4 Å². The van der Waals surface area contributed by atoms with Crippen molar-refractivity contribution in [1.29, 1.82) is 0 Å². The van der Waals surface area contributed by atoms with Gasteiger partial charge in [-0.15, -0.1) is 0 Å². The van der Waals surface area contributed by atoms with E-state index in [0.29, 0.717) is 22.3 Å². The second-order valence-electron chi connectivity index (χ2n) is 10.6. The second-order valence-corrected chi connectivity index (χ2v) is 11.0. The highest BCUT2D eigenvalue weighted by molar-refractivity contribution is 6.30. The molecule has 0 radical (unpaired) electrons. The zero-order valence-corrected chi connectivity index (χ0v) is 21.7. The lowest BCUT2D eigenvalue weighted by Gasteiger charge is -2.57. The van der Waals surface area contributed by atoms with Crippen molar-refractivity contribution >= 4 is 23.5 Å². The van der Waals surface area contributed by atoms with Gasteiger partial charge in [0.05, 0.1) is 24.4 Å². The summed E-state index contributed by atoms with van der Waals surface area (Å²) in [4.78, 5) is 25.2. The highest BCUT2D eigenvalue weighted by Gasteiger charge is 2.57. The van der Waals surface area contributed by atoms with Gasteiger partial charge in [0.15, 0.2) is 0 Å². The Morgan fingerprint density at radius 3 is 2.63 bits per heavy atom. The Morgan fingerprint density at radius 2 is 1.91 bits per heavy atom. The number of hydrogen-bond donors (Lipinski definition) is 0. The monoisotopic (exact) mass is 498 g/mol. The molecular weight excluding hydrogens is 464 g/mol. The molecule has 2 aliphatic rings. The first kappa shape index (κ1) is 25.6. The van der Waals surface area contributed by atoms with Crippen LogP contribution in [-0.4, -0.2) is 19.0 Å². The summed E-state index contributed by atoms with van der Waals surface area (Å²) in [5.41, 5.74) is 2.32. The molecule has 6 heteroatoms. The zero-order valence-electron chi connectivity index (χ0n) is 20.9. The SMILES string of the molecule is C=C1CC[C@H]2[C@](C)(CCC[C@]2(C)C(=O)OC)[C@H]1CCc1ccoc1COC(=O)c1ccc(Cl)cc1. The fourth-order valence-electron chi connectivity index (χ4n) is 6.78. The van der Waals surface area contributed by atoms with Gasteiger partial charge in [-0.05, 0) is 98.6 Å². The predicted molar refractivity (Wildman–Crippen MR) is 135 cm³/mol. The molecule has 35 heavy (non-hydrogen) atoms. The van der Waals surface area contributed by atoms with Crippen LogP contribution in [0.15, 0.2) is 53.2 Å². The van der Waals surface area contributed by atoms with Crippen molar-refractivity contribution < 1.29 is 23.5 Å². The van der Waals surface area contributed by atoms with Crippen molar-refractivity contribution in [2.75, 3.05) is 7.11 Å². The third-order valence-corrected chi connectivity index (χ3v) is 8.88. The summed E-state index contributed by atoms with van der Waals surface area (Å²) in [5.74, 6) is 0.753. The fraction of sp³-hybridized carbons (Fsp3) is 0.517. The van der Waals surface area contributed by atoms with Gasteiger partial charge in [-0.2, -0.15) is 0 Å². The number of hydrogen-bond acceptors (Lipinski definition) is 5. The molecule has 2 saturated carbocycles. The molecule has 4 rings (SSSR count). The van der Waals surface area contributed by atoms with E-state index < -0.39 is 11.4 Å². The average molecular weight is 499 g/mol. The molecule has 0 amide bonds. The third-order valence-electron chi connectivity index (χ3n) is 8.63. The van der Waals surface area contributed by atoms with Gasteiger partial charge in [0.1, 0.15) is 12.4 Å². The molecule has 1 heterocycles.